The number of nitrogens with zero attached hydrogens (tertiary/aromatic N) is 3. The second-order valence-electron chi connectivity index (χ2n) is 6.99. The van der Waals surface area contributed by atoms with Gasteiger partial charge >= 0.3 is 0 Å². The average Bonchev–Trinajstić information content (AvgIpc) is 2.96. The monoisotopic (exact) mass is 339 g/mol. The molecule has 5 heteroatoms. The molecule has 3 rings (SSSR count). The van der Waals surface area contributed by atoms with Gasteiger partial charge in [0.15, 0.2) is 11.6 Å². The molecule has 0 aliphatic carbocycles. The number of hydrogen-bond donors (Lipinski definition) is 2. The number of anilines is 4. The van der Waals surface area contributed by atoms with Gasteiger partial charge in [-0.3, -0.25) is 0 Å². The summed E-state index contributed by atoms with van der Waals surface area (Å²) in [6, 6.07) is 4.90. The molecule has 1 aromatic heterocycles. The first-order valence-electron chi connectivity index (χ1n) is 9.18. The number of benzene rings is 1. The number of nitrogens with one attached hydrogen (secondary N) is 2. The van der Waals surface area contributed by atoms with E-state index in [1.165, 1.54) is 16.7 Å². The van der Waals surface area contributed by atoms with Crippen molar-refractivity contribution in [2.24, 2.45) is 0 Å². The summed E-state index contributed by atoms with van der Waals surface area (Å²) in [5.41, 5.74) is 5.89. The van der Waals surface area contributed by atoms with Gasteiger partial charge in [0.1, 0.15) is 11.5 Å². The molecule has 0 unspecified atom stereocenters. The van der Waals surface area contributed by atoms with E-state index in [-0.39, 0.29) is 0 Å². The van der Waals surface area contributed by atoms with Crippen LogP contribution >= 0.6 is 0 Å². The van der Waals surface area contributed by atoms with Crippen molar-refractivity contribution < 1.29 is 0 Å². The molecule has 0 bridgehead atoms. The van der Waals surface area contributed by atoms with Crippen LogP contribution in [0.2, 0.25) is 0 Å². The molecule has 0 fully saturated rings. The van der Waals surface area contributed by atoms with Crippen molar-refractivity contribution in [3.05, 3.63) is 34.6 Å². The van der Waals surface area contributed by atoms with E-state index in [9.17, 15) is 0 Å². The van der Waals surface area contributed by atoms with E-state index in [1.54, 1.807) is 0 Å². The Hall–Kier alpha value is -2.30. The molecule has 25 heavy (non-hydrogen) atoms. The molecule has 0 saturated heterocycles. The average molecular weight is 339 g/mol. The van der Waals surface area contributed by atoms with Crippen molar-refractivity contribution in [2.75, 3.05) is 22.2 Å². The third-order valence-electron chi connectivity index (χ3n) is 5.00. The zero-order chi connectivity index (χ0) is 18.1. The van der Waals surface area contributed by atoms with E-state index in [0.29, 0.717) is 6.04 Å². The zero-order valence-electron chi connectivity index (χ0n) is 16.2. The fraction of sp³-hybridized carbons (Fsp3) is 0.500. The van der Waals surface area contributed by atoms with Crippen molar-refractivity contribution >= 4 is 23.0 Å². The molecular weight excluding hydrogens is 310 g/mol. The van der Waals surface area contributed by atoms with Crippen LogP contribution in [0, 0.1) is 27.7 Å². The van der Waals surface area contributed by atoms with Crippen molar-refractivity contribution in [2.45, 2.75) is 60.4 Å². The first kappa shape index (κ1) is 17.5. The Morgan fingerprint density at radius 2 is 1.72 bits per heavy atom. The first-order chi connectivity index (χ1) is 11.9. The summed E-state index contributed by atoms with van der Waals surface area (Å²) in [4.78, 5) is 11.8. The van der Waals surface area contributed by atoms with Gasteiger partial charge in [-0.05, 0) is 51.7 Å². The predicted octanol–water partition coefficient (Wildman–Crippen LogP) is 4.83. The van der Waals surface area contributed by atoms with Gasteiger partial charge in [0.25, 0.3) is 0 Å². The Bertz CT molecular complexity index is 757. The summed E-state index contributed by atoms with van der Waals surface area (Å²) in [5, 5.41) is 7.07. The minimum absolute atomic E-state index is 0.499. The van der Waals surface area contributed by atoms with Gasteiger partial charge in [0, 0.05) is 11.7 Å². The van der Waals surface area contributed by atoms with Gasteiger partial charge < -0.3 is 15.5 Å². The Labute approximate surface area is 150 Å². The molecule has 5 nitrogen and oxygen atoms in total. The SMILES string of the molecule is CCC(CC)N1CNc2c(Nc3c(C)cc(C)cc3C)nc(C)nc21. The van der Waals surface area contributed by atoms with E-state index in [0.717, 1.165) is 48.3 Å². The van der Waals surface area contributed by atoms with Gasteiger partial charge in [-0.15, -0.1) is 0 Å². The van der Waals surface area contributed by atoms with Gasteiger partial charge in [-0.25, -0.2) is 9.97 Å². The van der Waals surface area contributed by atoms with Crippen LogP contribution in [0.5, 0.6) is 0 Å². The highest BCUT2D eigenvalue weighted by atomic mass is 15.4. The number of aryl methyl sites for hydroxylation is 4. The molecule has 0 saturated carbocycles. The molecule has 0 radical (unpaired) electrons. The lowest BCUT2D eigenvalue weighted by Gasteiger charge is -2.26. The van der Waals surface area contributed by atoms with Crippen LogP contribution < -0.4 is 15.5 Å². The standard InChI is InChI=1S/C20H29N5/c1-7-16(8-2)25-11-21-18-19(22-15(6)23-20(18)25)24-17-13(4)9-12(3)10-14(17)5/h9-10,16,21H,7-8,11H2,1-6H3,(H,22,23,24). The molecular formula is C20H29N5. The zero-order valence-corrected chi connectivity index (χ0v) is 16.2. The van der Waals surface area contributed by atoms with Crippen molar-refractivity contribution in [1.82, 2.24) is 9.97 Å². The van der Waals surface area contributed by atoms with Gasteiger partial charge in [0.2, 0.25) is 0 Å². The molecule has 134 valence electrons. The Kier molecular flexibility index (Phi) is 4.84. The number of rotatable bonds is 5. The van der Waals surface area contributed by atoms with Crippen molar-refractivity contribution in [1.29, 1.82) is 0 Å². The molecule has 1 aliphatic heterocycles. The first-order valence-corrected chi connectivity index (χ1v) is 9.18. The fourth-order valence-electron chi connectivity index (χ4n) is 3.79. The van der Waals surface area contributed by atoms with E-state index < -0.39 is 0 Å². The molecule has 0 spiro atoms. The summed E-state index contributed by atoms with van der Waals surface area (Å²) >= 11 is 0. The van der Waals surface area contributed by atoms with Crippen LogP contribution in [0.25, 0.3) is 0 Å². The molecule has 1 aromatic carbocycles. The van der Waals surface area contributed by atoms with E-state index >= 15 is 0 Å². The molecule has 2 N–H and O–H groups in total. The number of fused-ring (bicyclic) bond motifs is 1. The maximum Gasteiger partial charge on any atom is 0.159 e. The molecule has 2 aromatic rings. The smallest absolute Gasteiger partial charge is 0.159 e. The number of hydrogen-bond acceptors (Lipinski definition) is 5. The summed E-state index contributed by atoms with van der Waals surface area (Å²) in [6.07, 6.45) is 2.22. The highest BCUT2D eigenvalue weighted by Gasteiger charge is 2.29. The van der Waals surface area contributed by atoms with Crippen LogP contribution in [-0.2, 0) is 0 Å². The maximum atomic E-state index is 4.73. The lowest BCUT2D eigenvalue weighted by molar-refractivity contribution is 0.573. The molecule has 2 heterocycles. The topological polar surface area (TPSA) is 53.1 Å². The summed E-state index contributed by atoms with van der Waals surface area (Å²) in [5.74, 6) is 2.68. The van der Waals surface area contributed by atoms with Gasteiger partial charge in [-0.2, -0.15) is 0 Å². The molecule has 0 atom stereocenters. The minimum Gasteiger partial charge on any atom is -0.362 e. The van der Waals surface area contributed by atoms with E-state index in [2.05, 4.69) is 67.3 Å². The third-order valence-corrected chi connectivity index (χ3v) is 5.00. The fourth-order valence-corrected chi connectivity index (χ4v) is 3.79. The highest BCUT2D eigenvalue weighted by Crippen LogP contribution is 2.39. The van der Waals surface area contributed by atoms with Crippen molar-refractivity contribution in [3.8, 4) is 0 Å². The third kappa shape index (κ3) is 3.28. The second-order valence-corrected chi connectivity index (χ2v) is 6.99. The Balaban J connectivity index is 2.01. The van der Waals surface area contributed by atoms with Crippen LogP contribution in [-0.4, -0.2) is 22.7 Å². The van der Waals surface area contributed by atoms with Crippen LogP contribution in [0.4, 0.5) is 23.0 Å². The summed E-state index contributed by atoms with van der Waals surface area (Å²) < 4.78 is 0. The molecule has 0 amide bonds. The predicted molar refractivity (Wildman–Crippen MR) is 106 cm³/mol. The molecule has 1 aliphatic rings. The lowest BCUT2D eigenvalue weighted by Crippen LogP contribution is -2.34. The van der Waals surface area contributed by atoms with E-state index in [1.807, 2.05) is 6.92 Å². The van der Waals surface area contributed by atoms with Crippen LogP contribution in [0.15, 0.2) is 12.1 Å². The minimum atomic E-state index is 0.499. The quantitative estimate of drug-likeness (QED) is 0.817. The van der Waals surface area contributed by atoms with Crippen LogP contribution in [0.1, 0.15) is 49.2 Å². The summed E-state index contributed by atoms with van der Waals surface area (Å²) in [7, 11) is 0. The largest absolute Gasteiger partial charge is 0.362 e. The van der Waals surface area contributed by atoms with E-state index in [4.69, 9.17) is 4.98 Å². The van der Waals surface area contributed by atoms with Crippen molar-refractivity contribution in [3.63, 3.8) is 0 Å². The Morgan fingerprint density at radius 1 is 1.08 bits per heavy atom. The normalized spacial score (nSPS) is 13.2. The maximum absolute atomic E-state index is 4.73. The number of aromatic nitrogens is 2. The van der Waals surface area contributed by atoms with Gasteiger partial charge in [0.05, 0.1) is 6.67 Å². The Morgan fingerprint density at radius 3 is 2.32 bits per heavy atom. The van der Waals surface area contributed by atoms with Gasteiger partial charge in [-0.1, -0.05) is 31.5 Å². The lowest BCUT2D eigenvalue weighted by atomic mass is 10.1. The second kappa shape index (κ2) is 6.90. The highest BCUT2D eigenvalue weighted by molar-refractivity contribution is 5.85. The van der Waals surface area contributed by atoms with Crippen LogP contribution in [0.3, 0.4) is 0 Å². The summed E-state index contributed by atoms with van der Waals surface area (Å²) in [6.45, 7) is 13.6.